The number of nitrogens with one attached hydrogen (secondary N) is 2. The topological polar surface area (TPSA) is 37.0 Å². The van der Waals surface area contributed by atoms with Crippen LogP contribution in [-0.4, -0.2) is 10.1 Å². The maximum atomic E-state index is 5.45. The van der Waals surface area contributed by atoms with Crippen LogP contribution in [0, 0.1) is 0 Å². The van der Waals surface area contributed by atoms with Gasteiger partial charge in [0, 0.05) is 11.9 Å². The molecule has 4 aromatic rings. The highest BCUT2D eigenvalue weighted by atomic mass is 32.1. The fraction of sp³-hybridized carbons (Fsp3) is 0.0833. The molecule has 0 bridgehead atoms. The van der Waals surface area contributed by atoms with Gasteiger partial charge in [0.2, 0.25) is 0 Å². The van der Waals surface area contributed by atoms with E-state index in [1.54, 1.807) is 0 Å². The number of thiocarbonyl (C=S) groups is 1. The first kappa shape index (κ1) is 18.1. The van der Waals surface area contributed by atoms with Crippen molar-refractivity contribution in [3.05, 3.63) is 108 Å². The minimum absolute atomic E-state index is 0.585. The minimum Gasteiger partial charge on any atom is -0.357 e. The molecule has 0 aliphatic rings. The predicted molar refractivity (Wildman–Crippen MR) is 120 cm³/mol. The van der Waals surface area contributed by atoms with Gasteiger partial charge in [-0.25, -0.2) is 0 Å². The van der Waals surface area contributed by atoms with Crippen LogP contribution in [0.4, 0.5) is 5.69 Å². The second-order valence-electron chi connectivity index (χ2n) is 6.69. The van der Waals surface area contributed by atoms with Gasteiger partial charge in [0.1, 0.15) is 0 Å². The van der Waals surface area contributed by atoms with Crippen molar-refractivity contribution in [2.75, 3.05) is 5.32 Å². The third kappa shape index (κ3) is 4.72. The van der Waals surface area contributed by atoms with Gasteiger partial charge in [0.05, 0.1) is 12.2 Å². The van der Waals surface area contributed by atoms with E-state index < -0.39 is 0 Å². The molecule has 0 atom stereocenters. The lowest BCUT2D eigenvalue weighted by Crippen LogP contribution is -2.28. The average molecular weight is 384 g/mol. The Kier molecular flexibility index (Phi) is 5.59. The molecule has 0 aliphatic carbocycles. The van der Waals surface area contributed by atoms with Crippen molar-refractivity contribution < 1.29 is 0 Å². The first-order chi connectivity index (χ1) is 13.8. The number of aromatic nitrogens is 1. The molecule has 0 radical (unpaired) electrons. The van der Waals surface area contributed by atoms with Gasteiger partial charge in [0.25, 0.3) is 0 Å². The first-order valence-electron chi connectivity index (χ1n) is 9.28. The maximum Gasteiger partial charge on any atom is 0.171 e. The highest BCUT2D eigenvalue weighted by molar-refractivity contribution is 7.80. The van der Waals surface area contributed by atoms with Crippen LogP contribution in [0.5, 0.6) is 0 Å². The van der Waals surface area contributed by atoms with Gasteiger partial charge >= 0.3 is 0 Å². The summed E-state index contributed by atoms with van der Waals surface area (Å²) < 4.78 is 0. The number of hydrogen-bond donors (Lipinski definition) is 2. The maximum absolute atomic E-state index is 5.45. The second-order valence-corrected chi connectivity index (χ2v) is 7.10. The summed E-state index contributed by atoms with van der Waals surface area (Å²) in [5.41, 5.74) is 4.48. The van der Waals surface area contributed by atoms with Crippen LogP contribution in [0.25, 0.3) is 10.8 Å². The Balaban J connectivity index is 1.35. The van der Waals surface area contributed by atoms with Crippen molar-refractivity contribution in [2.45, 2.75) is 13.0 Å². The van der Waals surface area contributed by atoms with E-state index in [9.17, 15) is 0 Å². The summed E-state index contributed by atoms with van der Waals surface area (Å²) in [5, 5.41) is 9.48. The van der Waals surface area contributed by atoms with Gasteiger partial charge < -0.3 is 10.6 Å². The van der Waals surface area contributed by atoms with Crippen molar-refractivity contribution >= 4 is 33.8 Å². The lowest BCUT2D eigenvalue weighted by Gasteiger charge is -2.11. The fourth-order valence-corrected chi connectivity index (χ4v) is 3.37. The Hall–Kier alpha value is -3.24. The fourth-order valence-electron chi connectivity index (χ4n) is 3.18. The molecule has 3 aromatic carbocycles. The third-order valence-corrected chi connectivity index (χ3v) is 4.82. The Morgan fingerprint density at radius 3 is 2.43 bits per heavy atom. The van der Waals surface area contributed by atoms with Gasteiger partial charge in [-0.05, 0) is 64.8 Å². The van der Waals surface area contributed by atoms with Crippen molar-refractivity contribution in [2.24, 2.45) is 0 Å². The second kappa shape index (κ2) is 8.63. The number of pyridine rings is 1. The van der Waals surface area contributed by atoms with Crippen molar-refractivity contribution in [1.82, 2.24) is 10.3 Å². The molecule has 0 saturated heterocycles. The van der Waals surface area contributed by atoms with E-state index in [2.05, 4.69) is 76.3 Å². The SMILES string of the molecule is S=C(NCc1cc(Cc2ccccc2)ccn1)Nc1ccc2ccccc2c1. The number of fused-ring (bicyclic) bond motifs is 1. The Morgan fingerprint density at radius 1 is 0.786 bits per heavy atom. The van der Waals surface area contributed by atoms with Crippen LogP contribution in [0.3, 0.4) is 0 Å². The zero-order valence-electron chi connectivity index (χ0n) is 15.4. The van der Waals surface area contributed by atoms with E-state index in [0.717, 1.165) is 17.8 Å². The van der Waals surface area contributed by atoms with Crippen LogP contribution >= 0.6 is 12.2 Å². The van der Waals surface area contributed by atoms with Crippen LogP contribution in [0.2, 0.25) is 0 Å². The lowest BCUT2D eigenvalue weighted by atomic mass is 10.1. The molecule has 2 N–H and O–H groups in total. The molecule has 4 rings (SSSR count). The summed E-state index contributed by atoms with van der Waals surface area (Å²) in [6, 6.07) is 29.1. The summed E-state index contributed by atoms with van der Waals surface area (Å²) in [6.45, 7) is 0.585. The van der Waals surface area contributed by atoms with Gasteiger partial charge in [-0.15, -0.1) is 0 Å². The zero-order chi connectivity index (χ0) is 19.2. The monoisotopic (exact) mass is 383 g/mol. The molecule has 0 spiro atoms. The third-order valence-electron chi connectivity index (χ3n) is 4.57. The number of nitrogens with zero attached hydrogens (tertiary/aromatic N) is 1. The summed E-state index contributed by atoms with van der Waals surface area (Å²) in [4.78, 5) is 4.45. The van der Waals surface area contributed by atoms with Crippen LogP contribution < -0.4 is 10.6 Å². The van der Waals surface area contributed by atoms with Gasteiger partial charge in [-0.1, -0.05) is 60.7 Å². The molecule has 138 valence electrons. The molecule has 0 amide bonds. The largest absolute Gasteiger partial charge is 0.357 e. The standard InChI is InChI=1S/C24H21N3S/c28-24(27-22-11-10-20-8-4-5-9-21(20)16-22)26-17-23-15-19(12-13-25-23)14-18-6-2-1-3-7-18/h1-13,15-16H,14,17H2,(H2,26,27,28). The number of anilines is 1. The van der Waals surface area contributed by atoms with E-state index in [1.165, 1.54) is 21.9 Å². The van der Waals surface area contributed by atoms with Crippen LogP contribution in [-0.2, 0) is 13.0 Å². The van der Waals surface area contributed by atoms with Crippen molar-refractivity contribution in [1.29, 1.82) is 0 Å². The van der Waals surface area contributed by atoms with Gasteiger partial charge in [0.15, 0.2) is 5.11 Å². The first-order valence-corrected chi connectivity index (χ1v) is 9.68. The highest BCUT2D eigenvalue weighted by Crippen LogP contribution is 2.18. The molecule has 0 saturated carbocycles. The van der Waals surface area contributed by atoms with E-state index in [0.29, 0.717) is 11.7 Å². The zero-order valence-corrected chi connectivity index (χ0v) is 16.2. The van der Waals surface area contributed by atoms with Crippen LogP contribution in [0.15, 0.2) is 91.1 Å². The predicted octanol–water partition coefficient (Wildman–Crippen LogP) is 5.31. The van der Waals surface area contributed by atoms with Crippen LogP contribution in [0.1, 0.15) is 16.8 Å². The number of rotatable bonds is 5. The number of hydrogen-bond acceptors (Lipinski definition) is 2. The summed E-state index contributed by atoms with van der Waals surface area (Å²) >= 11 is 5.45. The van der Waals surface area contributed by atoms with E-state index in [1.807, 2.05) is 30.5 Å². The Bertz CT molecular complexity index is 1090. The lowest BCUT2D eigenvalue weighted by molar-refractivity contribution is 0.877. The smallest absolute Gasteiger partial charge is 0.171 e. The molecule has 1 heterocycles. The summed E-state index contributed by atoms with van der Waals surface area (Å²) in [6.07, 6.45) is 2.76. The quantitative estimate of drug-likeness (QED) is 0.458. The van der Waals surface area contributed by atoms with E-state index in [-0.39, 0.29) is 0 Å². The molecule has 4 heteroatoms. The van der Waals surface area contributed by atoms with Gasteiger partial charge in [-0.3, -0.25) is 4.98 Å². The van der Waals surface area contributed by atoms with Crippen molar-refractivity contribution in [3.63, 3.8) is 0 Å². The molecule has 0 unspecified atom stereocenters. The molecule has 0 fully saturated rings. The van der Waals surface area contributed by atoms with Gasteiger partial charge in [-0.2, -0.15) is 0 Å². The molecule has 3 nitrogen and oxygen atoms in total. The summed E-state index contributed by atoms with van der Waals surface area (Å²) in [5.74, 6) is 0. The van der Waals surface area contributed by atoms with Crippen molar-refractivity contribution in [3.8, 4) is 0 Å². The highest BCUT2D eigenvalue weighted by Gasteiger charge is 2.03. The Morgan fingerprint density at radius 2 is 1.57 bits per heavy atom. The molecule has 1 aromatic heterocycles. The number of benzene rings is 3. The van der Waals surface area contributed by atoms with E-state index >= 15 is 0 Å². The molecular formula is C24H21N3S. The minimum atomic E-state index is 0.585. The Labute approximate surface area is 170 Å². The normalized spacial score (nSPS) is 10.6. The molecule has 28 heavy (non-hydrogen) atoms. The molecular weight excluding hydrogens is 362 g/mol. The van der Waals surface area contributed by atoms with E-state index in [4.69, 9.17) is 12.2 Å². The summed E-state index contributed by atoms with van der Waals surface area (Å²) in [7, 11) is 0. The average Bonchev–Trinajstić information content (AvgIpc) is 2.73. The molecule has 0 aliphatic heterocycles.